The molecule has 0 bridgehead atoms. The summed E-state index contributed by atoms with van der Waals surface area (Å²) in [6.45, 7) is 2.75. The highest BCUT2D eigenvalue weighted by molar-refractivity contribution is 6.30. The third-order valence-corrected chi connectivity index (χ3v) is 4.14. The summed E-state index contributed by atoms with van der Waals surface area (Å²) in [6, 6.07) is 9.09. The molecule has 0 saturated heterocycles. The Kier molecular flexibility index (Phi) is 5.44. The van der Waals surface area contributed by atoms with Gasteiger partial charge in [0.25, 0.3) is 0 Å². The van der Waals surface area contributed by atoms with E-state index in [1.54, 1.807) is 19.2 Å². The molecule has 0 aliphatic heterocycles. The lowest BCUT2D eigenvalue weighted by Gasteiger charge is -2.12. The van der Waals surface area contributed by atoms with Crippen molar-refractivity contribution in [3.63, 3.8) is 0 Å². The van der Waals surface area contributed by atoms with E-state index in [2.05, 4.69) is 4.98 Å². The fourth-order valence-corrected chi connectivity index (χ4v) is 2.74. The fourth-order valence-electron chi connectivity index (χ4n) is 2.62. The van der Waals surface area contributed by atoms with Gasteiger partial charge in [0.2, 0.25) is 5.89 Å². The van der Waals surface area contributed by atoms with Gasteiger partial charge in [-0.3, -0.25) is 4.90 Å². The fraction of sp³-hybridized carbons (Fsp3) is 0.263. The van der Waals surface area contributed by atoms with Gasteiger partial charge in [-0.05, 0) is 44.3 Å². The molecule has 3 rings (SSSR count). The lowest BCUT2D eigenvalue weighted by molar-refractivity contribution is 0.0599. The van der Waals surface area contributed by atoms with E-state index in [0.29, 0.717) is 46.8 Å². The molecule has 2 aromatic heterocycles. The third kappa shape index (κ3) is 4.15. The number of halogens is 1. The number of oxazole rings is 1. The van der Waals surface area contributed by atoms with E-state index in [-0.39, 0.29) is 0 Å². The molecular formula is C19H19ClN2O4. The molecule has 0 N–H and O–H groups in total. The number of carbonyl (C=O) groups excluding carboxylic acids is 1. The van der Waals surface area contributed by atoms with Gasteiger partial charge in [0.15, 0.2) is 5.76 Å². The first-order chi connectivity index (χ1) is 12.5. The van der Waals surface area contributed by atoms with E-state index < -0.39 is 5.97 Å². The Morgan fingerprint density at radius 3 is 2.65 bits per heavy atom. The maximum absolute atomic E-state index is 11.7. The van der Waals surface area contributed by atoms with E-state index >= 15 is 0 Å². The normalized spacial score (nSPS) is 11.1. The van der Waals surface area contributed by atoms with E-state index in [9.17, 15) is 4.79 Å². The molecule has 6 nitrogen and oxygen atoms in total. The molecule has 0 amide bonds. The first-order valence-corrected chi connectivity index (χ1v) is 8.41. The average molecular weight is 375 g/mol. The summed E-state index contributed by atoms with van der Waals surface area (Å²) in [5.41, 5.74) is 1.36. The van der Waals surface area contributed by atoms with E-state index in [1.807, 2.05) is 36.2 Å². The van der Waals surface area contributed by atoms with Crippen molar-refractivity contribution < 1.29 is 18.4 Å². The minimum atomic E-state index is -0.402. The summed E-state index contributed by atoms with van der Waals surface area (Å²) < 4.78 is 16.2. The molecule has 1 aromatic carbocycles. The second-order valence-corrected chi connectivity index (χ2v) is 6.41. The predicted molar refractivity (Wildman–Crippen MR) is 96.9 cm³/mol. The summed E-state index contributed by atoms with van der Waals surface area (Å²) in [4.78, 5) is 18.0. The quantitative estimate of drug-likeness (QED) is 0.599. The van der Waals surface area contributed by atoms with E-state index in [0.717, 1.165) is 5.56 Å². The molecular weight excluding hydrogens is 356 g/mol. The average Bonchev–Trinajstić information content (AvgIpc) is 3.21. The van der Waals surface area contributed by atoms with Crippen LogP contribution >= 0.6 is 11.6 Å². The Balaban J connectivity index is 1.64. The molecule has 26 heavy (non-hydrogen) atoms. The highest BCUT2D eigenvalue weighted by Gasteiger charge is 2.17. The van der Waals surface area contributed by atoms with Gasteiger partial charge in [-0.2, -0.15) is 0 Å². The number of hydrogen-bond acceptors (Lipinski definition) is 6. The van der Waals surface area contributed by atoms with Crippen LogP contribution in [0.3, 0.4) is 0 Å². The highest BCUT2D eigenvalue weighted by atomic mass is 35.5. The van der Waals surface area contributed by atoms with Crippen LogP contribution in [0, 0.1) is 6.92 Å². The van der Waals surface area contributed by atoms with Gasteiger partial charge < -0.3 is 13.6 Å². The number of rotatable bonds is 6. The van der Waals surface area contributed by atoms with Crippen LogP contribution < -0.4 is 0 Å². The van der Waals surface area contributed by atoms with Crippen molar-refractivity contribution in [2.45, 2.75) is 20.0 Å². The topological polar surface area (TPSA) is 68.7 Å². The Labute approximate surface area is 156 Å². The van der Waals surface area contributed by atoms with Crippen LogP contribution in [0.5, 0.6) is 0 Å². The molecule has 0 radical (unpaired) electrons. The minimum Gasteiger partial charge on any atom is -0.465 e. The van der Waals surface area contributed by atoms with Crippen molar-refractivity contribution in [3.05, 3.63) is 64.5 Å². The molecule has 0 spiro atoms. The largest absolute Gasteiger partial charge is 0.465 e. The molecule has 2 heterocycles. The number of nitrogens with zero attached hydrogens (tertiary/aromatic N) is 2. The summed E-state index contributed by atoms with van der Waals surface area (Å²) >= 11 is 5.90. The summed E-state index contributed by atoms with van der Waals surface area (Å²) in [6.07, 6.45) is 1.69. The number of aromatic nitrogens is 1. The van der Waals surface area contributed by atoms with Gasteiger partial charge in [0.1, 0.15) is 17.1 Å². The number of esters is 1. The van der Waals surface area contributed by atoms with Gasteiger partial charge in [-0.15, -0.1) is 0 Å². The maximum atomic E-state index is 11.7. The summed E-state index contributed by atoms with van der Waals surface area (Å²) in [5.74, 6) is 2.09. The molecule has 136 valence electrons. The zero-order valence-electron chi connectivity index (χ0n) is 14.8. The standard InChI is InChI=1S/C19H19ClN2O4/c1-12-16(19(23)24-3)8-15(25-12)10-22(2)11-18-21-9-17(26-18)13-4-6-14(20)7-5-13/h4-9H,10-11H2,1-3H3. The van der Waals surface area contributed by atoms with Crippen LogP contribution in [0.15, 0.2) is 45.4 Å². The van der Waals surface area contributed by atoms with Crippen LogP contribution in [-0.4, -0.2) is 30.0 Å². The van der Waals surface area contributed by atoms with Crippen molar-refractivity contribution in [2.24, 2.45) is 0 Å². The molecule has 3 aromatic rings. The van der Waals surface area contributed by atoms with Crippen LogP contribution in [0.25, 0.3) is 11.3 Å². The van der Waals surface area contributed by atoms with Gasteiger partial charge in [-0.25, -0.2) is 9.78 Å². The smallest absolute Gasteiger partial charge is 0.341 e. The summed E-state index contributed by atoms with van der Waals surface area (Å²) in [7, 11) is 3.27. The van der Waals surface area contributed by atoms with Gasteiger partial charge in [0.05, 0.1) is 26.4 Å². The zero-order valence-corrected chi connectivity index (χ0v) is 15.5. The molecule has 0 aliphatic carbocycles. The molecule has 0 saturated carbocycles. The van der Waals surface area contributed by atoms with Crippen molar-refractivity contribution in [3.8, 4) is 11.3 Å². The van der Waals surface area contributed by atoms with Crippen molar-refractivity contribution in [1.29, 1.82) is 0 Å². The highest BCUT2D eigenvalue weighted by Crippen LogP contribution is 2.23. The molecule has 7 heteroatoms. The van der Waals surface area contributed by atoms with Gasteiger partial charge in [-0.1, -0.05) is 11.6 Å². The number of furan rings is 1. The third-order valence-electron chi connectivity index (χ3n) is 3.89. The maximum Gasteiger partial charge on any atom is 0.341 e. The zero-order chi connectivity index (χ0) is 18.7. The van der Waals surface area contributed by atoms with Crippen molar-refractivity contribution >= 4 is 17.6 Å². The van der Waals surface area contributed by atoms with E-state index in [4.69, 9.17) is 25.2 Å². The first kappa shape index (κ1) is 18.2. The number of methoxy groups -OCH3 is 1. The minimum absolute atomic E-state index is 0.402. The Bertz CT molecular complexity index is 899. The second-order valence-electron chi connectivity index (χ2n) is 5.97. The lowest BCUT2D eigenvalue weighted by Crippen LogP contribution is -2.17. The number of aryl methyl sites for hydroxylation is 1. The predicted octanol–water partition coefficient (Wildman–Crippen LogP) is 4.32. The number of carbonyl (C=O) groups is 1. The van der Waals surface area contributed by atoms with Crippen LogP contribution in [-0.2, 0) is 17.8 Å². The molecule has 0 atom stereocenters. The number of benzene rings is 1. The van der Waals surface area contributed by atoms with Gasteiger partial charge in [0, 0.05) is 10.6 Å². The summed E-state index contributed by atoms with van der Waals surface area (Å²) in [5, 5.41) is 0.674. The molecule has 0 aliphatic rings. The van der Waals surface area contributed by atoms with Crippen LogP contribution in [0.4, 0.5) is 0 Å². The van der Waals surface area contributed by atoms with Crippen molar-refractivity contribution in [2.75, 3.05) is 14.2 Å². The second kappa shape index (κ2) is 7.76. The van der Waals surface area contributed by atoms with Crippen molar-refractivity contribution in [1.82, 2.24) is 9.88 Å². The molecule has 0 unspecified atom stereocenters. The van der Waals surface area contributed by atoms with E-state index in [1.165, 1.54) is 7.11 Å². The Morgan fingerprint density at radius 1 is 1.23 bits per heavy atom. The lowest BCUT2D eigenvalue weighted by atomic mass is 10.2. The van der Waals surface area contributed by atoms with Crippen LogP contribution in [0.1, 0.15) is 27.8 Å². The Hall–Kier alpha value is -2.57. The first-order valence-electron chi connectivity index (χ1n) is 8.03. The number of ether oxygens (including phenoxy) is 1. The molecule has 0 fully saturated rings. The SMILES string of the molecule is COC(=O)c1cc(CN(C)Cc2ncc(-c3ccc(Cl)cc3)o2)oc1C. The van der Waals surface area contributed by atoms with Gasteiger partial charge >= 0.3 is 5.97 Å². The monoisotopic (exact) mass is 374 g/mol. The number of hydrogen-bond donors (Lipinski definition) is 0. The van der Waals surface area contributed by atoms with Crippen LogP contribution in [0.2, 0.25) is 5.02 Å². The Morgan fingerprint density at radius 2 is 1.96 bits per heavy atom.